The van der Waals surface area contributed by atoms with E-state index in [9.17, 15) is 9.90 Å². The fraction of sp³-hybridized carbons (Fsp3) is 0.308. The van der Waals surface area contributed by atoms with Crippen molar-refractivity contribution in [3.63, 3.8) is 0 Å². The highest BCUT2D eigenvalue weighted by molar-refractivity contribution is 5.92. The van der Waals surface area contributed by atoms with Crippen molar-refractivity contribution in [2.45, 2.75) is 31.8 Å². The van der Waals surface area contributed by atoms with Gasteiger partial charge < -0.3 is 15.7 Å². The first kappa shape index (κ1) is 21.8. The van der Waals surface area contributed by atoms with E-state index in [0.29, 0.717) is 24.7 Å². The average Bonchev–Trinajstić information content (AvgIpc) is 2.82. The first-order valence-corrected chi connectivity index (χ1v) is 11.2. The van der Waals surface area contributed by atoms with Crippen LogP contribution in [-0.2, 0) is 13.0 Å². The van der Waals surface area contributed by atoms with Crippen LogP contribution in [-0.4, -0.2) is 46.6 Å². The van der Waals surface area contributed by atoms with E-state index >= 15 is 0 Å². The number of rotatable bonds is 8. The Kier molecular flexibility index (Phi) is 7.35. The molecule has 1 aliphatic heterocycles. The summed E-state index contributed by atoms with van der Waals surface area (Å²) in [5, 5.41) is 15.8. The number of carbonyl (C=O) groups excluding carboxylic acids is 1. The zero-order chi connectivity index (χ0) is 22.2. The van der Waals surface area contributed by atoms with Crippen LogP contribution in [0, 0.1) is 0 Å². The van der Waals surface area contributed by atoms with Crippen molar-refractivity contribution >= 4 is 11.7 Å². The molecule has 1 amide bonds. The van der Waals surface area contributed by atoms with Crippen molar-refractivity contribution in [1.82, 2.24) is 15.2 Å². The molecule has 2 heterocycles. The van der Waals surface area contributed by atoms with Gasteiger partial charge in [-0.3, -0.25) is 9.69 Å². The largest absolute Gasteiger partial charge is 0.508 e. The zero-order valence-corrected chi connectivity index (χ0v) is 18.2. The van der Waals surface area contributed by atoms with Gasteiger partial charge in [0.15, 0.2) is 0 Å². The molecule has 4 rings (SSSR count). The van der Waals surface area contributed by atoms with E-state index in [1.807, 2.05) is 24.3 Å². The zero-order valence-electron chi connectivity index (χ0n) is 18.2. The van der Waals surface area contributed by atoms with Gasteiger partial charge in [-0.15, -0.1) is 0 Å². The average molecular weight is 431 g/mol. The number of likely N-dealkylation sites (tertiary alicyclic amines) is 1. The van der Waals surface area contributed by atoms with E-state index in [1.54, 1.807) is 18.2 Å². The van der Waals surface area contributed by atoms with E-state index in [2.05, 4.69) is 50.8 Å². The highest BCUT2D eigenvalue weighted by Crippen LogP contribution is 2.17. The lowest BCUT2D eigenvalue weighted by Gasteiger charge is -2.32. The molecule has 0 unspecified atom stereocenters. The van der Waals surface area contributed by atoms with Gasteiger partial charge in [-0.1, -0.05) is 48.5 Å². The highest BCUT2D eigenvalue weighted by Gasteiger charge is 2.19. The molecule has 3 aromatic rings. The van der Waals surface area contributed by atoms with Gasteiger partial charge in [0.05, 0.1) is 0 Å². The number of aromatic nitrogens is 1. The Balaban J connectivity index is 1.23. The van der Waals surface area contributed by atoms with Crippen LogP contribution in [0.1, 0.15) is 34.5 Å². The Bertz CT molecular complexity index is 1000. The normalized spacial score (nSPS) is 14.8. The minimum atomic E-state index is -0.176. The van der Waals surface area contributed by atoms with E-state index < -0.39 is 0 Å². The number of aromatic hydroxyl groups is 1. The van der Waals surface area contributed by atoms with Crippen molar-refractivity contribution < 1.29 is 9.90 Å². The molecular formula is C26H30N4O2. The van der Waals surface area contributed by atoms with Crippen LogP contribution in [0.5, 0.6) is 5.75 Å². The maximum atomic E-state index is 12.5. The van der Waals surface area contributed by atoms with Gasteiger partial charge in [0.25, 0.3) is 5.91 Å². The Labute approximate surface area is 189 Å². The van der Waals surface area contributed by atoms with Crippen molar-refractivity contribution in [3.05, 3.63) is 89.6 Å². The fourth-order valence-corrected chi connectivity index (χ4v) is 4.00. The molecule has 1 fully saturated rings. The van der Waals surface area contributed by atoms with Gasteiger partial charge in [0, 0.05) is 32.2 Å². The minimum absolute atomic E-state index is 0.176. The van der Waals surface area contributed by atoms with E-state index in [0.717, 1.165) is 43.9 Å². The molecule has 0 saturated carbocycles. The van der Waals surface area contributed by atoms with Gasteiger partial charge >= 0.3 is 0 Å². The molecule has 0 radical (unpaired) electrons. The van der Waals surface area contributed by atoms with Crippen molar-refractivity contribution in [3.8, 4) is 5.75 Å². The molecule has 0 bridgehead atoms. The van der Waals surface area contributed by atoms with Crippen LogP contribution < -0.4 is 10.6 Å². The molecule has 1 aliphatic rings. The van der Waals surface area contributed by atoms with E-state index in [1.165, 1.54) is 5.56 Å². The number of hydrogen-bond donors (Lipinski definition) is 3. The third-order valence-electron chi connectivity index (χ3n) is 5.81. The lowest BCUT2D eigenvalue weighted by atomic mass is 10.0. The predicted molar refractivity (Wildman–Crippen MR) is 127 cm³/mol. The van der Waals surface area contributed by atoms with Crippen LogP contribution in [0.3, 0.4) is 0 Å². The minimum Gasteiger partial charge on any atom is -0.508 e. The van der Waals surface area contributed by atoms with Gasteiger partial charge in [-0.05, 0) is 54.7 Å². The first-order valence-electron chi connectivity index (χ1n) is 11.2. The number of carbonyl (C=O) groups is 1. The monoisotopic (exact) mass is 430 g/mol. The highest BCUT2D eigenvalue weighted by atomic mass is 16.3. The first-order chi connectivity index (χ1) is 15.7. The summed E-state index contributed by atoms with van der Waals surface area (Å²) in [6.07, 6.45) is 2.81. The molecule has 2 aromatic carbocycles. The van der Waals surface area contributed by atoms with E-state index in [-0.39, 0.29) is 11.7 Å². The second kappa shape index (κ2) is 10.8. The van der Waals surface area contributed by atoms with Crippen LogP contribution in [0.4, 0.5) is 5.82 Å². The van der Waals surface area contributed by atoms with Crippen LogP contribution in [0.25, 0.3) is 0 Å². The number of nitrogens with one attached hydrogen (secondary N) is 2. The number of anilines is 1. The summed E-state index contributed by atoms with van der Waals surface area (Å²) in [7, 11) is 0. The number of hydrogen-bond acceptors (Lipinski definition) is 5. The summed E-state index contributed by atoms with van der Waals surface area (Å²) in [5.74, 6) is 0.816. The fourth-order valence-electron chi connectivity index (χ4n) is 4.00. The van der Waals surface area contributed by atoms with Crippen LogP contribution in [0.2, 0.25) is 0 Å². The lowest BCUT2D eigenvalue weighted by molar-refractivity contribution is 0.0949. The van der Waals surface area contributed by atoms with Crippen LogP contribution >= 0.6 is 0 Å². The summed E-state index contributed by atoms with van der Waals surface area (Å²) >= 11 is 0. The molecule has 6 nitrogen and oxygen atoms in total. The van der Waals surface area contributed by atoms with Gasteiger partial charge in [-0.2, -0.15) is 0 Å². The molecule has 6 heteroatoms. The number of nitrogens with zero attached hydrogens (tertiary/aromatic N) is 2. The van der Waals surface area contributed by atoms with Crippen molar-refractivity contribution in [1.29, 1.82) is 0 Å². The summed E-state index contributed by atoms with van der Waals surface area (Å²) in [5.41, 5.74) is 2.83. The smallest absolute Gasteiger partial charge is 0.269 e. The van der Waals surface area contributed by atoms with Crippen molar-refractivity contribution in [2.24, 2.45) is 0 Å². The summed E-state index contributed by atoms with van der Waals surface area (Å²) in [6.45, 7) is 3.60. The van der Waals surface area contributed by atoms with Gasteiger partial charge in [-0.25, -0.2) is 4.98 Å². The summed E-state index contributed by atoms with van der Waals surface area (Å²) in [6, 6.07) is 23.5. The summed E-state index contributed by atoms with van der Waals surface area (Å²) in [4.78, 5) is 19.5. The number of piperidine rings is 1. The molecule has 1 aromatic heterocycles. The molecule has 166 valence electrons. The molecule has 1 saturated heterocycles. The quantitative estimate of drug-likeness (QED) is 0.506. The molecule has 0 atom stereocenters. The summed E-state index contributed by atoms with van der Waals surface area (Å²) < 4.78 is 0. The predicted octanol–water partition coefficient (Wildman–Crippen LogP) is 3.84. The number of pyridine rings is 1. The Morgan fingerprint density at radius 1 is 0.938 bits per heavy atom. The molecular weight excluding hydrogens is 400 g/mol. The third kappa shape index (κ3) is 6.31. The number of phenols is 1. The number of amides is 1. The topological polar surface area (TPSA) is 77.5 Å². The Morgan fingerprint density at radius 3 is 2.44 bits per heavy atom. The lowest BCUT2D eigenvalue weighted by Crippen LogP contribution is -2.38. The molecule has 32 heavy (non-hydrogen) atoms. The van der Waals surface area contributed by atoms with Gasteiger partial charge in [0.2, 0.25) is 0 Å². The second-order valence-electron chi connectivity index (χ2n) is 8.26. The second-order valence-corrected chi connectivity index (χ2v) is 8.26. The molecule has 0 spiro atoms. The maximum Gasteiger partial charge on any atom is 0.269 e. The maximum absolute atomic E-state index is 12.5. The van der Waals surface area contributed by atoms with Gasteiger partial charge in [0.1, 0.15) is 17.3 Å². The van der Waals surface area contributed by atoms with Crippen LogP contribution in [0.15, 0.2) is 72.8 Å². The number of benzene rings is 2. The third-order valence-corrected chi connectivity index (χ3v) is 5.81. The Morgan fingerprint density at radius 2 is 1.69 bits per heavy atom. The standard InChI is InChI=1S/C26H30N4O2/c31-23-11-9-20(10-12-23)13-16-27-26(32)24-7-4-8-25(29-24)28-22-14-17-30(18-15-22)19-21-5-2-1-3-6-21/h1-12,22,31H,13-19H2,(H,27,32)(H,28,29). The van der Waals surface area contributed by atoms with Crippen molar-refractivity contribution in [2.75, 3.05) is 25.0 Å². The van der Waals surface area contributed by atoms with E-state index in [4.69, 9.17) is 0 Å². The number of phenolic OH excluding ortho intramolecular Hbond substituents is 1. The Hall–Kier alpha value is -3.38. The molecule has 0 aliphatic carbocycles. The molecule has 3 N–H and O–H groups in total. The SMILES string of the molecule is O=C(NCCc1ccc(O)cc1)c1cccc(NC2CCN(Cc3ccccc3)CC2)n1.